The number of hydrogen-bond donors (Lipinski definition) is 1. The highest BCUT2D eigenvalue weighted by Gasteiger charge is 2.23. The first-order valence-electron chi connectivity index (χ1n) is 8.14. The minimum atomic E-state index is -0.199. The van der Waals surface area contributed by atoms with Gasteiger partial charge in [-0.3, -0.25) is 9.59 Å². The number of ether oxygens (including phenoxy) is 1. The molecule has 0 spiro atoms. The fourth-order valence-electron chi connectivity index (χ4n) is 2.68. The first kappa shape index (κ1) is 17.4. The van der Waals surface area contributed by atoms with Crippen molar-refractivity contribution in [3.8, 4) is 10.4 Å². The molecule has 1 aliphatic rings. The first-order chi connectivity index (χ1) is 12.2. The van der Waals surface area contributed by atoms with Gasteiger partial charge in [-0.25, -0.2) is 0 Å². The van der Waals surface area contributed by atoms with E-state index in [1.807, 2.05) is 42.5 Å². The topological polar surface area (TPSA) is 58.6 Å². The molecule has 2 heterocycles. The predicted molar refractivity (Wildman–Crippen MR) is 98.6 cm³/mol. The Labute approximate surface area is 150 Å². The fraction of sp³-hybridized carbons (Fsp3) is 0.263. The molecule has 0 bridgehead atoms. The van der Waals surface area contributed by atoms with Crippen molar-refractivity contribution in [1.29, 1.82) is 0 Å². The van der Waals surface area contributed by atoms with Gasteiger partial charge in [0, 0.05) is 24.5 Å². The Morgan fingerprint density at radius 3 is 2.84 bits per heavy atom. The van der Waals surface area contributed by atoms with Crippen molar-refractivity contribution in [2.75, 3.05) is 26.2 Å². The molecule has 1 aromatic heterocycles. The van der Waals surface area contributed by atoms with Crippen molar-refractivity contribution in [3.05, 3.63) is 60.0 Å². The van der Waals surface area contributed by atoms with Gasteiger partial charge in [0.1, 0.15) is 0 Å². The molecule has 1 saturated heterocycles. The van der Waals surface area contributed by atoms with Crippen LogP contribution in [-0.4, -0.2) is 49.1 Å². The summed E-state index contributed by atoms with van der Waals surface area (Å²) < 4.78 is 5.62. The lowest BCUT2D eigenvalue weighted by molar-refractivity contribution is -0.133. The number of morpholine rings is 1. The van der Waals surface area contributed by atoms with Crippen LogP contribution in [0.5, 0.6) is 0 Å². The van der Waals surface area contributed by atoms with Gasteiger partial charge in [-0.2, -0.15) is 0 Å². The highest BCUT2D eigenvalue weighted by atomic mass is 32.1. The Morgan fingerprint density at radius 1 is 1.28 bits per heavy atom. The van der Waals surface area contributed by atoms with Crippen LogP contribution in [0.25, 0.3) is 10.4 Å². The number of carbonyl (C=O) groups is 2. The monoisotopic (exact) mass is 356 g/mol. The van der Waals surface area contributed by atoms with E-state index in [9.17, 15) is 9.59 Å². The quantitative estimate of drug-likeness (QED) is 0.838. The molecule has 1 aliphatic heterocycles. The third-order valence-electron chi connectivity index (χ3n) is 4.00. The molecule has 1 atom stereocenters. The largest absolute Gasteiger partial charge is 0.373 e. The van der Waals surface area contributed by atoms with Crippen LogP contribution in [0.1, 0.15) is 9.67 Å². The summed E-state index contributed by atoms with van der Waals surface area (Å²) >= 11 is 1.46. The lowest BCUT2D eigenvalue weighted by Crippen LogP contribution is -2.49. The zero-order valence-electron chi connectivity index (χ0n) is 13.8. The molecule has 5 nitrogen and oxygen atoms in total. The standard InChI is InChI=1S/C19H20N2O3S/c1-2-18(22)21-10-11-24-15(13-21)12-20-19(23)17-9-8-16(25-17)14-6-4-3-5-7-14/h2-9,15H,1,10-13H2,(H,20,23). The van der Waals surface area contributed by atoms with E-state index in [4.69, 9.17) is 4.74 Å². The molecule has 130 valence electrons. The maximum absolute atomic E-state index is 12.4. The summed E-state index contributed by atoms with van der Waals surface area (Å²) in [4.78, 5) is 27.4. The SMILES string of the molecule is C=CC(=O)N1CCOC(CNC(=O)c2ccc(-c3ccccc3)s2)C1. The van der Waals surface area contributed by atoms with Gasteiger partial charge in [0.25, 0.3) is 5.91 Å². The number of rotatable bonds is 5. The molecule has 0 aliphatic carbocycles. The van der Waals surface area contributed by atoms with Gasteiger partial charge < -0.3 is 15.0 Å². The number of carbonyl (C=O) groups excluding carboxylic acids is 2. The molecule has 2 aromatic rings. The normalized spacial score (nSPS) is 17.1. The molecule has 1 N–H and O–H groups in total. The summed E-state index contributed by atoms with van der Waals surface area (Å²) in [5.74, 6) is -0.228. The summed E-state index contributed by atoms with van der Waals surface area (Å²) in [6.07, 6.45) is 1.10. The van der Waals surface area contributed by atoms with Crippen LogP contribution in [0.3, 0.4) is 0 Å². The average molecular weight is 356 g/mol. The van der Waals surface area contributed by atoms with E-state index in [1.54, 1.807) is 4.90 Å². The summed E-state index contributed by atoms with van der Waals surface area (Å²) in [5.41, 5.74) is 1.10. The molecule has 1 unspecified atom stereocenters. The van der Waals surface area contributed by atoms with E-state index >= 15 is 0 Å². The third-order valence-corrected chi connectivity index (χ3v) is 5.14. The fourth-order valence-corrected chi connectivity index (χ4v) is 3.61. The molecule has 2 amide bonds. The third kappa shape index (κ3) is 4.35. The molecule has 3 rings (SSSR count). The maximum Gasteiger partial charge on any atom is 0.261 e. The average Bonchev–Trinajstić information content (AvgIpc) is 3.17. The second kappa shape index (κ2) is 8.09. The Morgan fingerprint density at radius 2 is 2.08 bits per heavy atom. The van der Waals surface area contributed by atoms with Crippen molar-refractivity contribution >= 4 is 23.2 Å². The number of benzene rings is 1. The Balaban J connectivity index is 1.55. The smallest absolute Gasteiger partial charge is 0.261 e. The van der Waals surface area contributed by atoms with Crippen LogP contribution < -0.4 is 5.32 Å². The zero-order chi connectivity index (χ0) is 17.6. The molecule has 1 aromatic carbocycles. The highest BCUT2D eigenvalue weighted by molar-refractivity contribution is 7.17. The summed E-state index contributed by atoms with van der Waals surface area (Å²) in [6.45, 7) is 5.36. The molecule has 1 fully saturated rings. The molecular formula is C19H20N2O3S. The van der Waals surface area contributed by atoms with Crippen LogP contribution in [-0.2, 0) is 9.53 Å². The van der Waals surface area contributed by atoms with E-state index in [2.05, 4.69) is 11.9 Å². The van der Waals surface area contributed by atoms with Crippen LogP contribution in [0, 0.1) is 0 Å². The van der Waals surface area contributed by atoms with E-state index in [1.165, 1.54) is 17.4 Å². The Kier molecular flexibility index (Phi) is 5.63. The van der Waals surface area contributed by atoms with E-state index in [0.717, 1.165) is 10.4 Å². The van der Waals surface area contributed by atoms with E-state index in [-0.39, 0.29) is 17.9 Å². The van der Waals surface area contributed by atoms with Crippen LogP contribution in [0.15, 0.2) is 55.1 Å². The lowest BCUT2D eigenvalue weighted by Gasteiger charge is -2.32. The summed E-state index contributed by atoms with van der Waals surface area (Å²) in [6, 6.07) is 13.8. The molecular weight excluding hydrogens is 336 g/mol. The van der Waals surface area contributed by atoms with Crippen molar-refractivity contribution in [2.45, 2.75) is 6.10 Å². The zero-order valence-corrected chi connectivity index (χ0v) is 14.6. The predicted octanol–water partition coefficient (Wildman–Crippen LogP) is 2.56. The van der Waals surface area contributed by atoms with Gasteiger partial charge in [0.2, 0.25) is 5.91 Å². The molecule has 0 saturated carbocycles. The molecule has 25 heavy (non-hydrogen) atoms. The van der Waals surface area contributed by atoms with Crippen LogP contribution in [0.4, 0.5) is 0 Å². The van der Waals surface area contributed by atoms with Crippen molar-refractivity contribution in [2.24, 2.45) is 0 Å². The van der Waals surface area contributed by atoms with Gasteiger partial charge in [-0.15, -0.1) is 11.3 Å². The Hall–Kier alpha value is -2.44. The summed E-state index contributed by atoms with van der Waals surface area (Å²) in [7, 11) is 0. The van der Waals surface area contributed by atoms with E-state index in [0.29, 0.717) is 31.1 Å². The van der Waals surface area contributed by atoms with Crippen LogP contribution >= 0.6 is 11.3 Å². The first-order valence-corrected chi connectivity index (χ1v) is 8.95. The lowest BCUT2D eigenvalue weighted by atomic mass is 10.2. The minimum Gasteiger partial charge on any atom is -0.373 e. The molecule has 0 radical (unpaired) electrons. The number of hydrogen-bond acceptors (Lipinski definition) is 4. The second-order valence-corrected chi connectivity index (χ2v) is 6.80. The van der Waals surface area contributed by atoms with Crippen molar-refractivity contribution in [3.63, 3.8) is 0 Å². The number of thiophene rings is 1. The van der Waals surface area contributed by atoms with Gasteiger partial charge in [0.05, 0.1) is 17.6 Å². The van der Waals surface area contributed by atoms with Gasteiger partial charge in [-0.05, 0) is 23.8 Å². The molecule has 6 heteroatoms. The number of nitrogens with zero attached hydrogens (tertiary/aromatic N) is 1. The maximum atomic E-state index is 12.4. The number of nitrogens with one attached hydrogen (secondary N) is 1. The number of amides is 2. The summed E-state index contributed by atoms with van der Waals surface area (Å²) in [5, 5.41) is 2.89. The second-order valence-electron chi connectivity index (χ2n) is 5.72. The highest BCUT2D eigenvalue weighted by Crippen LogP contribution is 2.27. The minimum absolute atomic E-state index is 0.106. The van der Waals surface area contributed by atoms with Gasteiger partial charge in [-0.1, -0.05) is 36.9 Å². The van der Waals surface area contributed by atoms with Gasteiger partial charge in [0.15, 0.2) is 0 Å². The Bertz CT molecular complexity index is 757. The van der Waals surface area contributed by atoms with Crippen LogP contribution in [0.2, 0.25) is 0 Å². The van der Waals surface area contributed by atoms with Crippen molar-refractivity contribution < 1.29 is 14.3 Å². The van der Waals surface area contributed by atoms with Crippen molar-refractivity contribution in [1.82, 2.24) is 10.2 Å². The van der Waals surface area contributed by atoms with E-state index < -0.39 is 0 Å². The van der Waals surface area contributed by atoms with Gasteiger partial charge >= 0.3 is 0 Å².